The van der Waals surface area contributed by atoms with Crippen LogP contribution in [0.3, 0.4) is 0 Å². The molecule has 2 aromatic carbocycles. The molecule has 1 aliphatic rings. The maximum Gasteiger partial charge on any atom is 0.363 e. The van der Waals surface area contributed by atoms with Crippen LogP contribution in [-0.2, 0) is 16.0 Å². The number of methoxy groups -OCH3 is 1. The Kier molecular flexibility index (Phi) is 4.96. The number of cyclic esters (lactones) is 1. The molecule has 0 N–H and O–H groups in total. The molecule has 2 aromatic rings. The average Bonchev–Trinajstić information content (AvgIpc) is 2.94. The van der Waals surface area contributed by atoms with E-state index in [-0.39, 0.29) is 5.70 Å². The van der Waals surface area contributed by atoms with Gasteiger partial charge in [0.05, 0.1) is 7.11 Å². The fourth-order valence-electron chi connectivity index (χ4n) is 2.39. The van der Waals surface area contributed by atoms with Gasteiger partial charge in [-0.25, -0.2) is 9.79 Å². The van der Waals surface area contributed by atoms with Gasteiger partial charge >= 0.3 is 5.97 Å². The third kappa shape index (κ3) is 3.84. The Balaban J connectivity index is 1.73. The van der Waals surface area contributed by atoms with Crippen LogP contribution in [0.25, 0.3) is 6.08 Å². The number of halogens is 1. The van der Waals surface area contributed by atoms with Gasteiger partial charge in [-0.15, -0.1) is 0 Å². The van der Waals surface area contributed by atoms with Gasteiger partial charge in [-0.1, -0.05) is 41.9 Å². The van der Waals surface area contributed by atoms with Gasteiger partial charge in [0.2, 0.25) is 0 Å². The third-order valence-corrected chi connectivity index (χ3v) is 4.00. The Hall–Kier alpha value is -2.59. The lowest BCUT2D eigenvalue weighted by molar-refractivity contribution is -0.130. The standard InChI is InChI=1S/C19H16ClNO3/c1-23-15-7-4-5-13(11-15)12-17-19(22)24-18(21-17)10-9-14-6-2-3-8-16(14)20/h2-8,11-12H,9-10H2,1H3/b17-12+. The Bertz CT molecular complexity index is 827. The summed E-state index contributed by atoms with van der Waals surface area (Å²) in [5.74, 6) is 0.694. The number of carbonyl (C=O) groups is 1. The lowest BCUT2D eigenvalue weighted by Crippen LogP contribution is -2.05. The van der Waals surface area contributed by atoms with Gasteiger partial charge in [0.25, 0.3) is 0 Å². The van der Waals surface area contributed by atoms with E-state index in [1.54, 1.807) is 13.2 Å². The molecule has 0 aromatic heterocycles. The minimum atomic E-state index is -0.438. The maximum atomic E-state index is 12.0. The minimum Gasteiger partial charge on any atom is -0.497 e. The Morgan fingerprint density at radius 3 is 2.79 bits per heavy atom. The van der Waals surface area contributed by atoms with Crippen LogP contribution >= 0.6 is 11.6 Å². The topological polar surface area (TPSA) is 47.9 Å². The van der Waals surface area contributed by atoms with Crippen LogP contribution in [0.1, 0.15) is 17.5 Å². The first kappa shape index (κ1) is 16.3. The number of benzene rings is 2. The number of aryl methyl sites for hydroxylation is 1. The summed E-state index contributed by atoms with van der Waals surface area (Å²) in [6.07, 6.45) is 2.87. The van der Waals surface area contributed by atoms with E-state index in [9.17, 15) is 4.79 Å². The highest BCUT2D eigenvalue weighted by atomic mass is 35.5. The summed E-state index contributed by atoms with van der Waals surface area (Å²) in [5.41, 5.74) is 2.12. The van der Waals surface area contributed by atoms with Crippen molar-refractivity contribution in [2.75, 3.05) is 7.11 Å². The van der Waals surface area contributed by atoms with Crippen LogP contribution in [0.2, 0.25) is 5.02 Å². The smallest absolute Gasteiger partial charge is 0.363 e. The van der Waals surface area contributed by atoms with Gasteiger partial charge in [0, 0.05) is 11.4 Å². The number of nitrogens with zero attached hydrogens (tertiary/aromatic N) is 1. The van der Waals surface area contributed by atoms with Crippen molar-refractivity contribution in [1.82, 2.24) is 0 Å². The van der Waals surface area contributed by atoms with Crippen molar-refractivity contribution in [2.24, 2.45) is 4.99 Å². The van der Waals surface area contributed by atoms with E-state index in [0.29, 0.717) is 23.8 Å². The zero-order valence-corrected chi connectivity index (χ0v) is 13.9. The predicted molar refractivity (Wildman–Crippen MR) is 94.3 cm³/mol. The summed E-state index contributed by atoms with van der Waals surface area (Å²) in [4.78, 5) is 16.2. The first-order valence-electron chi connectivity index (χ1n) is 7.54. The van der Waals surface area contributed by atoms with Gasteiger partial charge in [0.1, 0.15) is 5.75 Å². The van der Waals surface area contributed by atoms with E-state index in [2.05, 4.69) is 4.99 Å². The van der Waals surface area contributed by atoms with Gasteiger partial charge < -0.3 is 9.47 Å². The monoisotopic (exact) mass is 341 g/mol. The summed E-state index contributed by atoms with van der Waals surface area (Å²) in [5, 5.41) is 0.703. The van der Waals surface area contributed by atoms with Crippen LogP contribution in [0.5, 0.6) is 5.75 Å². The van der Waals surface area contributed by atoms with E-state index in [1.165, 1.54) is 0 Å². The third-order valence-electron chi connectivity index (χ3n) is 3.63. The Morgan fingerprint density at radius 2 is 2.00 bits per heavy atom. The Labute approximate surface area is 145 Å². The zero-order valence-electron chi connectivity index (χ0n) is 13.2. The second-order valence-electron chi connectivity index (χ2n) is 5.29. The molecule has 3 rings (SSSR count). The molecular weight excluding hydrogens is 326 g/mol. The molecule has 0 spiro atoms. The fraction of sp³-hybridized carbons (Fsp3) is 0.158. The average molecular weight is 342 g/mol. The van der Waals surface area contributed by atoms with Crippen molar-refractivity contribution >= 4 is 29.5 Å². The number of hydrogen-bond acceptors (Lipinski definition) is 4. The normalized spacial score (nSPS) is 15.3. The second-order valence-corrected chi connectivity index (χ2v) is 5.70. The minimum absolute atomic E-state index is 0.289. The molecule has 0 saturated heterocycles. The largest absolute Gasteiger partial charge is 0.497 e. The molecule has 4 nitrogen and oxygen atoms in total. The molecule has 0 amide bonds. The molecule has 5 heteroatoms. The molecule has 0 atom stereocenters. The SMILES string of the molecule is COc1cccc(/C=C2/N=C(CCc3ccccc3Cl)OC2=O)c1. The van der Waals surface area contributed by atoms with E-state index >= 15 is 0 Å². The second kappa shape index (κ2) is 7.32. The molecule has 0 saturated carbocycles. The molecule has 0 radical (unpaired) electrons. The van der Waals surface area contributed by atoms with Crippen molar-refractivity contribution < 1.29 is 14.3 Å². The highest BCUT2D eigenvalue weighted by molar-refractivity contribution is 6.31. The summed E-state index contributed by atoms with van der Waals surface area (Å²) in [6.45, 7) is 0. The van der Waals surface area contributed by atoms with E-state index < -0.39 is 5.97 Å². The number of carbonyl (C=O) groups excluding carboxylic acids is 1. The van der Waals surface area contributed by atoms with Gasteiger partial charge in [-0.05, 0) is 41.8 Å². The molecular formula is C19H16ClNO3. The summed E-state index contributed by atoms with van der Waals surface area (Å²) < 4.78 is 10.4. The summed E-state index contributed by atoms with van der Waals surface area (Å²) in [7, 11) is 1.60. The van der Waals surface area contributed by atoms with Crippen molar-refractivity contribution in [3.8, 4) is 5.75 Å². The maximum absolute atomic E-state index is 12.0. The fourth-order valence-corrected chi connectivity index (χ4v) is 2.62. The van der Waals surface area contributed by atoms with E-state index in [4.69, 9.17) is 21.1 Å². The number of hydrogen-bond donors (Lipinski definition) is 0. The van der Waals surface area contributed by atoms with Gasteiger partial charge in [-0.2, -0.15) is 0 Å². The van der Waals surface area contributed by atoms with Crippen molar-refractivity contribution in [3.63, 3.8) is 0 Å². The quantitative estimate of drug-likeness (QED) is 0.602. The Morgan fingerprint density at radius 1 is 1.17 bits per heavy atom. The summed E-state index contributed by atoms with van der Waals surface area (Å²) >= 11 is 6.13. The van der Waals surface area contributed by atoms with E-state index in [0.717, 1.165) is 16.9 Å². The van der Waals surface area contributed by atoms with Crippen LogP contribution in [0.4, 0.5) is 0 Å². The number of ether oxygens (including phenoxy) is 2. The highest BCUT2D eigenvalue weighted by Gasteiger charge is 2.22. The van der Waals surface area contributed by atoms with Crippen molar-refractivity contribution in [1.29, 1.82) is 0 Å². The molecule has 0 unspecified atom stereocenters. The predicted octanol–water partition coefficient (Wildman–Crippen LogP) is 4.28. The molecule has 122 valence electrons. The zero-order chi connectivity index (χ0) is 16.9. The molecule has 1 aliphatic heterocycles. The van der Waals surface area contributed by atoms with Gasteiger partial charge in [-0.3, -0.25) is 0 Å². The first-order chi connectivity index (χ1) is 11.7. The van der Waals surface area contributed by atoms with Crippen LogP contribution in [0.15, 0.2) is 59.2 Å². The molecule has 0 aliphatic carbocycles. The number of rotatable bonds is 5. The first-order valence-corrected chi connectivity index (χ1v) is 7.92. The summed E-state index contributed by atoms with van der Waals surface area (Å²) in [6, 6.07) is 15.0. The van der Waals surface area contributed by atoms with Crippen molar-refractivity contribution in [2.45, 2.75) is 12.8 Å². The lowest BCUT2D eigenvalue weighted by Gasteiger charge is -2.02. The van der Waals surface area contributed by atoms with Crippen molar-refractivity contribution in [3.05, 3.63) is 70.4 Å². The lowest BCUT2D eigenvalue weighted by atomic mass is 10.1. The van der Waals surface area contributed by atoms with Crippen LogP contribution in [0, 0.1) is 0 Å². The molecule has 0 fully saturated rings. The van der Waals surface area contributed by atoms with Crippen LogP contribution in [-0.4, -0.2) is 19.0 Å². The van der Waals surface area contributed by atoms with Crippen LogP contribution < -0.4 is 4.74 Å². The molecule has 24 heavy (non-hydrogen) atoms. The van der Waals surface area contributed by atoms with E-state index in [1.807, 2.05) is 48.5 Å². The number of aliphatic imine (C=N–C) groups is 1. The highest BCUT2D eigenvalue weighted by Crippen LogP contribution is 2.22. The molecule has 0 bridgehead atoms. The van der Waals surface area contributed by atoms with Gasteiger partial charge in [0.15, 0.2) is 11.6 Å². The number of esters is 1. The molecule has 1 heterocycles.